The van der Waals surface area contributed by atoms with Crippen LogP contribution in [-0.2, 0) is 85.1 Å². The number of amides is 10. The first-order valence-corrected chi connectivity index (χ1v) is 41.8. The van der Waals surface area contributed by atoms with E-state index in [1.807, 2.05) is 33.0 Å². The molecule has 8 heterocycles. The molecule has 2 aromatic carbocycles. The van der Waals surface area contributed by atoms with E-state index in [2.05, 4.69) is 73.0 Å². The fourth-order valence-electron chi connectivity index (χ4n) is 13.1. The van der Waals surface area contributed by atoms with Crippen LogP contribution in [0.2, 0.25) is 5.02 Å². The number of aryl methyl sites for hydroxylation is 7. The summed E-state index contributed by atoms with van der Waals surface area (Å²) in [6, 6.07) is 17.8. The maximum atomic E-state index is 13.6. The zero-order chi connectivity index (χ0) is 90.5. The Bertz CT molecular complexity index is 5390. The molecule has 0 saturated heterocycles. The quantitative estimate of drug-likeness (QED) is 0.0108. The number of thiophene rings is 1. The van der Waals surface area contributed by atoms with Crippen LogP contribution in [-0.4, -0.2) is 249 Å². The van der Waals surface area contributed by atoms with Crippen LogP contribution in [0.4, 0.5) is 39.4 Å². The molecule has 0 spiro atoms. The van der Waals surface area contributed by atoms with E-state index in [1.165, 1.54) is 83.4 Å². The van der Waals surface area contributed by atoms with Gasteiger partial charge in [-0.3, -0.25) is 68.7 Å². The first-order valence-electron chi connectivity index (χ1n) is 40.6. The Labute approximate surface area is 736 Å². The van der Waals surface area contributed by atoms with Crippen LogP contribution < -0.4 is 62.8 Å². The van der Waals surface area contributed by atoms with Gasteiger partial charge in [0.15, 0.2) is 17.5 Å². The van der Waals surface area contributed by atoms with Gasteiger partial charge in [-0.15, -0.1) is 11.3 Å². The number of carbonyl (C=O) groups excluding carboxylic acids is 10. The summed E-state index contributed by atoms with van der Waals surface area (Å²) in [6.45, 7) is 11.9. The average Bonchev–Trinajstić information content (AvgIpc) is 1.60. The molecule has 0 unspecified atom stereocenters. The van der Waals surface area contributed by atoms with E-state index in [1.54, 1.807) is 107 Å². The topological polar surface area (TPSA) is 481 Å². The molecule has 1 aliphatic heterocycles. The number of rotatable bonds is 48. The standard InChI is InChI=1S/C84H107ClN24O16S/c1-52-53(2)126-84-72(52)73(55-13-15-56(85)16-14-55)97-62(74(87)109(84)54(3)86)46-71(113)93-57-17-19-61(20-18-57)125-42-41-124-40-39-123-38-37-122-36-35-121-34-33-120-32-23-69(111)89-25-12-30-102(4)29-11-24-88-68(110)21-26-92-81(117)76-100-67(51-107(76)9)101-80(116)65-44-58(47-106(65)8)94-79(115)64-45-60(49-105(64)7)96-83(119)77-99-66(50-108(77)10)98-70(112)22-27-91-78(114)63-43-59(48-104(63)6)95-82(118)75-90-28-31-103(75)5/h13-20,28,31,43-45,47-51,62,86-87H,11-12,21-27,29-30,32-42,46H2,1-10H3,(H,88,110)(H,89,111)(H,91,114)(H,92,117)(H,93,113)(H,94,115)(H,95,118)(H,96,119)(H,98,112)(H,101,116)/t62-/m0/s1. The van der Waals surface area contributed by atoms with Gasteiger partial charge in [0.25, 0.3) is 35.4 Å². The highest BCUT2D eigenvalue weighted by Crippen LogP contribution is 2.40. The summed E-state index contributed by atoms with van der Waals surface area (Å²) in [4.78, 5) is 153. The number of halogens is 1. The molecule has 40 nitrogen and oxygen atoms in total. The minimum atomic E-state index is -0.863. The van der Waals surface area contributed by atoms with Crippen molar-refractivity contribution in [3.05, 3.63) is 171 Å². The molecular weight excluding hydrogens is 1670 g/mol. The Balaban J connectivity index is 0.494. The highest BCUT2D eigenvalue weighted by Gasteiger charge is 2.36. The molecular formula is C84H107ClN24O16S. The van der Waals surface area contributed by atoms with Crippen LogP contribution in [0.5, 0.6) is 5.75 Å². The average molecular weight is 1780 g/mol. The van der Waals surface area contributed by atoms with Crippen molar-refractivity contribution in [1.29, 1.82) is 10.8 Å². The van der Waals surface area contributed by atoms with Crippen molar-refractivity contribution in [2.24, 2.45) is 47.3 Å². The van der Waals surface area contributed by atoms with Gasteiger partial charge < -0.3 is 114 Å². The van der Waals surface area contributed by atoms with Crippen LogP contribution in [0.15, 0.2) is 115 Å². The molecule has 126 heavy (non-hydrogen) atoms. The lowest BCUT2D eigenvalue weighted by atomic mass is 9.99. The van der Waals surface area contributed by atoms with E-state index in [0.29, 0.717) is 120 Å². The number of anilines is 7. The van der Waals surface area contributed by atoms with Crippen LogP contribution in [0, 0.1) is 24.7 Å². The summed E-state index contributed by atoms with van der Waals surface area (Å²) < 4.78 is 42.7. The molecule has 10 rings (SSSR count). The molecule has 1 aliphatic rings. The lowest BCUT2D eigenvalue weighted by molar-refractivity contribution is -0.122. The van der Waals surface area contributed by atoms with Gasteiger partial charge >= 0.3 is 0 Å². The number of carbonyl (C=O) groups is 10. The molecule has 10 amide bonds. The number of benzene rings is 2. The molecule has 0 radical (unpaired) electrons. The molecule has 1 atom stereocenters. The van der Waals surface area contributed by atoms with Gasteiger partial charge in [0.1, 0.15) is 52.2 Å². The van der Waals surface area contributed by atoms with Crippen molar-refractivity contribution >= 4 is 139 Å². The fourth-order valence-corrected chi connectivity index (χ4v) is 14.4. The Kier molecular flexibility index (Phi) is 35.2. The van der Waals surface area contributed by atoms with Crippen molar-refractivity contribution in [2.75, 3.05) is 156 Å². The normalized spacial score (nSPS) is 12.4. The Morgan fingerprint density at radius 2 is 0.968 bits per heavy atom. The predicted octanol–water partition coefficient (Wildman–Crippen LogP) is 6.65. The predicted molar refractivity (Wildman–Crippen MR) is 475 cm³/mol. The number of hydrogen-bond acceptors (Lipinski definition) is 24. The van der Waals surface area contributed by atoms with Gasteiger partial charge in [-0.25, -0.2) is 15.0 Å². The number of nitrogens with one attached hydrogen (secondary N) is 12. The van der Waals surface area contributed by atoms with E-state index in [0.717, 1.165) is 39.5 Å². The second-order valence-corrected chi connectivity index (χ2v) is 31.1. The van der Waals surface area contributed by atoms with Crippen LogP contribution in [0.3, 0.4) is 0 Å². The molecule has 0 aliphatic carbocycles. The minimum Gasteiger partial charge on any atom is -0.491 e. The van der Waals surface area contributed by atoms with Gasteiger partial charge in [0.05, 0.1) is 95.3 Å². The highest BCUT2D eigenvalue weighted by atomic mass is 35.5. The van der Waals surface area contributed by atoms with Gasteiger partial charge in [-0.05, 0) is 114 Å². The van der Waals surface area contributed by atoms with Gasteiger partial charge in [0.2, 0.25) is 35.3 Å². The van der Waals surface area contributed by atoms with E-state index in [-0.39, 0.29) is 132 Å². The smallest absolute Gasteiger partial charge is 0.291 e. The molecule has 0 bridgehead atoms. The summed E-state index contributed by atoms with van der Waals surface area (Å²) in [7, 11) is 11.6. The van der Waals surface area contributed by atoms with Gasteiger partial charge in [-0.2, -0.15) is 0 Å². The summed E-state index contributed by atoms with van der Waals surface area (Å²) in [5.41, 5.74) is 5.27. The van der Waals surface area contributed by atoms with Crippen LogP contribution in [0.25, 0.3) is 0 Å². The van der Waals surface area contributed by atoms with Crippen molar-refractivity contribution in [2.45, 2.75) is 65.3 Å². The summed E-state index contributed by atoms with van der Waals surface area (Å²) in [6.07, 6.45) is 12.0. The second kappa shape index (κ2) is 46.6. The van der Waals surface area contributed by atoms with Gasteiger partial charge in [0, 0.05) is 158 Å². The zero-order valence-corrected chi connectivity index (χ0v) is 73.5. The number of amidine groups is 2. The first kappa shape index (κ1) is 95.2. The Morgan fingerprint density at radius 3 is 1.51 bits per heavy atom. The molecule has 7 aromatic heterocycles. The maximum Gasteiger partial charge on any atom is 0.291 e. The lowest BCUT2D eigenvalue weighted by Crippen LogP contribution is -2.41. The van der Waals surface area contributed by atoms with E-state index >= 15 is 0 Å². The molecule has 0 saturated carbocycles. The number of hydrogen-bond donors (Lipinski definition) is 12. The van der Waals surface area contributed by atoms with Crippen molar-refractivity contribution < 1.29 is 76.4 Å². The van der Waals surface area contributed by atoms with Gasteiger partial charge in [-0.1, -0.05) is 23.7 Å². The van der Waals surface area contributed by atoms with Crippen molar-refractivity contribution in [3.63, 3.8) is 0 Å². The number of nitrogens with zero attached hydrogens (tertiary/aromatic N) is 12. The summed E-state index contributed by atoms with van der Waals surface area (Å²) in [5.74, 6) is -3.41. The Hall–Kier alpha value is -13.0. The second-order valence-electron chi connectivity index (χ2n) is 29.5. The van der Waals surface area contributed by atoms with Crippen molar-refractivity contribution in [1.82, 2.24) is 68.5 Å². The Morgan fingerprint density at radius 1 is 0.492 bits per heavy atom. The number of imidazole rings is 3. The number of ether oxygens (including phenoxy) is 6. The third kappa shape index (κ3) is 27.7. The number of aromatic nitrogens is 9. The first-order chi connectivity index (χ1) is 60.5. The third-order valence-corrected chi connectivity index (χ3v) is 21.1. The summed E-state index contributed by atoms with van der Waals surface area (Å²) >= 11 is 7.72. The maximum absolute atomic E-state index is 13.6. The lowest BCUT2D eigenvalue weighted by Gasteiger charge is -2.24. The van der Waals surface area contributed by atoms with E-state index in [9.17, 15) is 53.4 Å². The number of aliphatic imine (C=N–C) groups is 1. The van der Waals surface area contributed by atoms with Crippen LogP contribution >= 0.6 is 22.9 Å². The molecule has 42 heteroatoms. The molecule has 9 aromatic rings. The number of fused-ring (bicyclic) bond motifs is 1. The van der Waals surface area contributed by atoms with E-state index in [4.69, 9.17) is 50.4 Å². The fraction of sp³-hybridized carbons (Fsp3) is 0.405. The largest absolute Gasteiger partial charge is 0.491 e. The third-order valence-electron chi connectivity index (χ3n) is 19.6. The zero-order valence-electron chi connectivity index (χ0n) is 71.9. The molecule has 0 fully saturated rings. The monoisotopic (exact) mass is 1770 g/mol. The minimum absolute atomic E-state index is 0.0162. The van der Waals surface area contributed by atoms with E-state index < -0.39 is 47.4 Å². The highest BCUT2D eigenvalue weighted by molar-refractivity contribution is 7.17. The molecule has 12 N–H and O–H groups in total. The van der Waals surface area contributed by atoms with Crippen molar-refractivity contribution in [3.8, 4) is 5.75 Å². The summed E-state index contributed by atoms with van der Waals surface area (Å²) in [5, 5.41) is 46.6. The SMILES string of the molecule is CC(=N)N1C(=N)[C@H](CC(=O)Nc2ccc(OCCOCCOCCOCCOCCOCCC(=O)NCCCN(C)CCCNC(=O)CCNC(=O)c3nc(NC(=O)c4cc(NC(=O)c5cc(NC(=O)c6nc(NC(=O)CCNC(=O)c7cc(NC(=O)c8nccn8C)cn7C)cn6C)cn5C)cn4C)cn3C)cc2)N=C(c2ccc(Cl)cc2)c2c1sc(C)c2C. The van der Waals surface area contributed by atoms with Crippen LogP contribution in [0.1, 0.15) is 130 Å². The molecule has 672 valence electrons.